The largest absolute Gasteiger partial charge is 0.496 e. The molecule has 0 radical (unpaired) electrons. The average molecular weight is 303 g/mol. The molecule has 1 atom stereocenters. The van der Waals surface area contributed by atoms with Crippen LogP contribution in [0.1, 0.15) is 10.8 Å². The van der Waals surface area contributed by atoms with E-state index in [-0.39, 0.29) is 6.54 Å². The molecule has 1 saturated heterocycles. The first kappa shape index (κ1) is 14.2. The number of ether oxygens (including phenoxy) is 1. The number of carboxylic acid groups (broad SMARTS) is 1. The van der Waals surface area contributed by atoms with Gasteiger partial charge in [-0.1, -0.05) is 30.3 Å². The first-order valence-corrected chi connectivity index (χ1v) is 7.85. The van der Waals surface area contributed by atoms with Gasteiger partial charge in [0.25, 0.3) is 0 Å². The van der Waals surface area contributed by atoms with Crippen molar-refractivity contribution in [3.8, 4) is 5.75 Å². The maximum Gasteiger partial charge on any atom is 0.317 e. The molecule has 21 heavy (non-hydrogen) atoms. The van der Waals surface area contributed by atoms with Crippen LogP contribution >= 0.6 is 11.8 Å². The molecule has 3 rings (SSSR count). The second kappa shape index (κ2) is 5.95. The minimum Gasteiger partial charge on any atom is -0.496 e. The predicted octanol–water partition coefficient (Wildman–Crippen LogP) is 2.98. The minimum atomic E-state index is -0.768. The standard InChI is InChI=1S/C16H17NO3S/c1-20-14-7-6-13(11-4-2-3-5-12(11)14)15-8-17(10-21-15)9-16(18)19/h2-7,15H,8-10H2,1H3,(H,18,19). The molecule has 2 aromatic rings. The number of carbonyl (C=O) groups is 1. The fraction of sp³-hybridized carbons (Fsp3) is 0.312. The Hall–Kier alpha value is -1.72. The first-order chi connectivity index (χ1) is 10.2. The normalized spacial score (nSPS) is 19.0. The molecule has 4 nitrogen and oxygen atoms in total. The highest BCUT2D eigenvalue weighted by molar-refractivity contribution is 7.99. The molecule has 110 valence electrons. The number of fused-ring (bicyclic) bond motifs is 1. The summed E-state index contributed by atoms with van der Waals surface area (Å²) in [5.74, 6) is 0.868. The summed E-state index contributed by atoms with van der Waals surface area (Å²) in [4.78, 5) is 12.8. The molecule has 1 unspecified atom stereocenters. The molecule has 1 N–H and O–H groups in total. The van der Waals surface area contributed by atoms with Gasteiger partial charge in [0.2, 0.25) is 0 Å². The lowest BCUT2D eigenvalue weighted by Gasteiger charge is -2.15. The van der Waals surface area contributed by atoms with Gasteiger partial charge in [0.15, 0.2) is 0 Å². The Morgan fingerprint density at radius 1 is 1.33 bits per heavy atom. The van der Waals surface area contributed by atoms with Crippen molar-refractivity contribution in [2.75, 3.05) is 26.1 Å². The van der Waals surface area contributed by atoms with Gasteiger partial charge in [-0.3, -0.25) is 9.69 Å². The molecule has 0 spiro atoms. The number of benzene rings is 2. The number of hydrogen-bond donors (Lipinski definition) is 1. The molecule has 1 fully saturated rings. The van der Waals surface area contributed by atoms with Crippen LogP contribution in [0.25, 0.3) is 10.8 Å². The van der Waals surface area contributed by atoms with Gasteiger partial charge in [0.05, 0.1) is 13.7 Å². The monoisotopic (exact) mass is 303 g/mol. The predicted molar refractivity (Wildman–Crippen MR) is 84.9 cm³/mol. The molecule has 0 bridgehead atoms. The smallest absolute Gasteiger partial charge is 0.317 e. The summed E-state index contributed by atoms with van der Waals surface area (Å²) in [6.07, 6.45) is 0. The van der Waals surface area contributed by atoms with E-state index in [1.807, 2.05) is 23.1 Å². The van der Waals surface area contributed by atoms with E-state index in [9.17, 15) is 4.79 Å². The van der Waals surface area contributed by atoms with E-state index in [0.717, 1.165) is 23.6 Å². The summed E-state index contributed by atoms with van der Waals surface area (Å²) < 4.78 is 5.42. The number of carboxylic acids is 1. The second-order valence-corrected chi connectivity index (χ2v) is 6.25. The highest BCUT2D eigenvalue weighted by Gasteiger charge is 2.27. The van der Waals surface area contributed by atoms with E-state index in [1.54, 1.807) is 18.9 Å². The maximum atomic E-state index is 10.8. The summed E-state index contributed by atoms with van der Waals surface area (Å²) in [5, 5.41) is 11.5. The van der Waals surface area contributed by atoms with Crippen LogP contribution < -0.4 is 4.74 Å². The van der Waals surface area contributed by atoms with Gasteiger partial charge in [-0.2, -0.15) is 0 Å². The highest BCUT2D eigenvalue weighted by Crippen LogP contribution is 2.41. The quantitative estimate of drug-likeness (QED) is 0.941. The Balaban J connectivity index is 1.93. The lowest BCUT2D eigenvalue weighted by atomic mass is 10.0. The third kappa shape index (κ3) is 2.84. The van der Waals surface area contributed by atoms with Crippen LogP contribution in [0, 0.1) is 0 Å². The molecule has 2 aromatic carbocycles. The molecule has 1 aliphatic rings. The van der Waals surface area contributed by atoms with Crippen molar-refractivity contribution in [2.45, 2.75) is 5.25 Å². The Bertz CT molecular complexity index is 674. The van der Waals surface area contributed by atoms with Gasteiger partial charge < -0.3 is 9.84 Å². The molecule has 5 heteroatoms. The number of methoxy groups -OCH3 is 1. The van der Waals surface area contributed by atoms with Crippen molar-refractivity contribution in [2.24, 2.45) is 0 Å². The van der Waals surface area contributed by atoms with Crippen LogP contribution in [0.15, 0.2) is 36.4 Å². The lowest BCUT2D eigenvalue weighted by Crippen LogP contribution is -2.27. The molecule has 0 aromatic heterocycles. The zero-order chi connectivity index (χ0) is 14.8. The van der Waals surface area contributed by atoms with Crippen LogP contribution in [0.2, 0.25) is 0 Å². The van der Waals surface area contributed by atoms with Crippen molar-refractivity contribution in [3.05, 3.63) is 42.0 Å². The van der Waals surface area contributed by atoms with Gasteiger partial charge in [-0.15, -0.1) is 11.8 Å². The molecule has 0 saturated carbocycles. The Morgan fingerprint density at radius 2 is 2.10 bits per heavy atom. The van der Waals surface area contributed by atoms with Crippen molar-refractivity contribution in [3.63, 3.8) is 0 Å². The first-order valence-electron chi connectivity index (χ1n) is 6.80. The third-order valence-electron chi connectivity index (χ3n) is 3.73. The molecule has 0 aliphatic carbocycles. The van der Waals surface area contributed by atoms with Gasteiger partial charge >= 0.3 is 5.97 Å². The van der Waals surface area contributed by atoms with Crippen molar-refractivity contribution in [1.82, 2.24) is 4.90 Å². The van der Waals surface area contributed by atoms with Gasteiger partial charge in [0, 0.05) is 23.1 Å². The van der Waals surface area contributed by atoms with Crippen LogP contribution in [0.3, 0.4) is 0 Å². The minimum absolute atomic E-state index is 0.109. The molecular formula is C16H17NO3S. The summed E-state index contributed by atoms with van der Waals surface area (Å²) in [5.41, 5.74) is 1.25. The third-order valence-corrected chi connectivity index (χ3v) is 5.05. The Morgan fingerprint density at radius 3 is 2.81 bits per heavy atom. The Kier molecular flexibility index (Phi) is 4.03. The number of rotatable bonds is 4. The fourth-order valence-corrected chi connectivity index (χ4v) is 4.07. The molecule has 1 aliphatic heterocycles. The average Bonchev–Trinajstić information content (AvgIpc) is 2.93. The number of thioether (sulfide) groups is 1. The maximum absolute atomic E-state index is 10.8. The number of aliphatic carboxylic acids is 1. The number of hydrogen-bond acceptors (Lipinski definition) is 4. The fourth-order valence-electron chi connectivity index (χ4n) is 2.78. The van der Waals surface area contributed by atoms with Crippen LogP contribution in [-0.2, 0) is 4.79 Å². The summed E-state index contributed by atoms with van der Waals surface area (Å²) in [6.45, 7) is 0.880. The van der Waals surface area contributed by atoms with Crippen molar-refractivity contribution in [1.29, 1.82) is 0 Å². The summed E-state index contributed by atoms with van der Waals surface area (Å²) in [6, 6.07) is 12.3. The van der Waals surface area contributed by atoms with Crippen LogP contribution in [0.5, 0.6) is 5.75 Å². The summed E-state index contributed by atoms with van der Waals surface area (Å²) in [7, 11) is 1.68. The molecular weight excluding hydrogens is 286 g/mol. The van der Waals surface area contributed by atoms with E-state index in [1.165, 1.54) is 10.9 Å². The zero-order valence-electron chi connectivity index (χ0n) is 11.8. The second-order valence-electron chi connectivity index (χ2n) is 5.09. The van der Waals surface area contributed by atoms with Crippen LogP contribution in [0.4, 0.5) is 0 Å². The molecule has 1 heterocycles. The SMILES string of the molecule is COc1ccc(C2CN(CC(=O)O)CS2)c2ccccc12. The van der Waals surface area contributed by atoms with E-state index in [4.69, 9.17) is 9.84 Å². The van der Waals surface area contributed by atoms with Gasteiger partial charge in [-0.05, 0) is 17.0 Å². The van der Waals surface area contributed by atoms with Gasteiger partial charge in [-0.25, -0.2) is 0 Å². The van der Waals surface area contributed by atoms with Crippen molar-refractivity contribution >= 4 is 28.5 Å². The van der Waals surface area contributed by atoms with E-state index < -0.39 is 5.97 Å². The number of nitrogens with zero attached hydrogens (tertiary/aromatic N) is 1. The topological polar surface area (TPSA) is 49.8 Å². The lowest BCUT2D eigenvalue weighted by molar-refractivity contribution is -0.137. The van der Waals surface area contributed by atoms with E-state index >= 15 is 0 Å². The van der Waals surface area contributed by atoms with Crippen molar-refractivity contribution < 1.29 is 14.6 Å². The summed E-state index contributed by atoms with van der Waals surface area (Å²) >= 11 is 1.80. The zero-order valence-corrected chi connectivity index (χ0v) is 12.6. The van der Waals surface area contributed by atoms with E-state index in [0.29, 0.717) is 5.25 Å². The molecule has 0 amide bonds. The van der Waals surface area contributed by atoms with Gasteiger partial charge in [0.1, 0.15) is 5.75 Å². The Labute approximate surface area is 127 Å². The van der Waals surface area contributed by atoms with Crippen LogP contribution in [-0.4, -0.2) is 42.1 Å². The van der Waals surface area contributed by atoms with E-state index in [2.05, 4.69) is 18.2 Å². The highest BCUT2D eigenvalue weighted by atomic mass is 32.2.